The Morgan fingerprint density at radius 1 is 1.39 bits per heavy atom. The predicted molar refractivity (Wildman–Crippen MR) is 105 cm³/mol. The summed E-state index contributed by atoms with van der Waals surface area (Å²) >= 11 is 0. The number of H-pyrrole nitrogens is 1. The van der Waals surface area contributed by atoms with E-state index in [-0.39, 0.29) is 35.5 Å². The summed E-state index contributed by atoms with van der Waals surface area (Å²) in [5.74, 6) is -0.479. The maximum Gasteiger partial charge on any atom is 0.306 e. The van der Waals surface area contributed by atoms with Gasteiger partial charge >= 0.3 is 5.97 Å². The fraction of sp³-hybridized carbons (Fsp3) is 0.571. The number of aryl methyl sites for hydroxylation is 2. The Balaban J connectivity index is 1.97. The zero-order chi connectivity index (χ0) is 20.1. The van der Waals surface area contributed by atoms with Crippen molar-refractivity contribution in [2.45, 2.75) is 64.3 Å². The molecule has 0 aliphatic heterocycles. The first-order valence-electron chi connectivity index (χ1n) is 9.98. The van der Waals surface area contributed by atoms with Gasteiger partial charge in [0.25, 0.3) is 5.56 Å². The van der Waals surface area contributed by atoms with Gasteiger partial charge in [0.1, 0.15) is 5.75 Å². The molecule has 7 nitrogen and oxygen atoms in total. The van der Waals surface area contributed by atoms with Crippen molar-refractivity contribution in [2.24, 2.45) is 5.92 Å². The molecule has 2 aromatic rings. The summed E-state index contributed by atoms with van der Waals surface area (Å²) in [6.45, 7) is 2.30. The fourth-order valence-electron chi connectivity index (χ4n) is 4.35. The molecule has 152 valence electrons. The maximum atomic E-state index is 13.3. The van der Waals surface area contributed by atoms with Crippen LogP contribution in [-0.4, -0.2) is 32.7 Å². The Hall–Kier alpha value is -2.57. The van der Waals surface area contributed by atoms with Crippen LogP contribution >= 0.6 is 0 Å². The number of rotatable bonds is 7. The lowest BCUT2D eigenvalue weighted by atomic mass is 9.75. The van der Waals surface area contributed by atoms with Crippen LogP contribution in [0.1, 0.15) is 61.4 Å². The number of methoxy groups -OCH3 is 1. The molecule has 28 heavy (non-hydrogen) atoms. The molecular formula is C21H29N3O4. The molecule has 0 radical (unpaired) electrons. The molecule has 1 fully saturated rings. The summed E-state index contributed by atoms with van der Waals surface area (Å²) in [6, 6.07) is 1.64. The number of aromatic nitrogens is 3. The van der Waals surface area contributed by atoms with Crippen molar-refractivity contribution in [1.29, 1.82) is 0 Å². The number of ether oxygens (including phenoxy) is 1. The van der Waals surface area contributed by atoms with Gasteiger partial charge in [-0.1, -0.05) is 19.3 Å². The van der Waals surface area contributed by atoms with E-state index < -0.39 is 0 Å². The number of carbonyl (C=O) groups excluding carboxylic acids is 1. The molecule has 1 unspecified atom stereocenters. The first kappa shape index (κ1) is 20.2. The largest absolute Gasteiger partial charge is 0.507 e. The fourth-order valence-corrected chi connectivity index (χ4v) is 4.35. The van der Waals surface area contributed by atoms with Gasteiger partial charge in [-0.25, -0.2) is 4.98 Å². The number of aromatic hydroxyl groups is 1. The first-order valence-corrected chi connectivity index (χ1v) is 9.98. The van der Waals surface area contributed by atoms with Crippen molar-refractivity contribution in [3.63, 3.8) is 0 Å². The molecule has 0 amide bonds. The van der Waals surface area contributed by atoms with Gasteiger partial charge in [0.15, 0.2) is 0 Å². The van der Waals surface area contributed by atoms with E-state index in [4.69, 9.17) is 4.74 Å². The van der Waals surface area contributed by atoms with Crippen molar-refractivity contribution < 1.29 is 14.6 Å². The molecule has 1 aliphatic rings. The average Bonchev–Trinajstić information content (AvgIpc) is 3.20. The van der Waals surface area contributed by atoms with E-state index >= 15 is 0 Å². The molecule has 2 heterocycles. The number of carbonyl (C=O) groups is 1. The Bertz CT molecular complexity index is 851. The minimum atomic E-state index is -0.348. The van der Waals surface area contributed by atoms with Gasteiger partial charge in [-0.05, 0) is 31.7 Å². The SMILES string of the molecule is COC(=O)CC(c1c(O)cc(C)n(CCc2cnc[nH]2)c1=O)C1CCCCC1. The molecule has 1 aliphatic carbocycles. The quantitative estimate of drug-likeness (QED) is 0.712. The Morgan fingerprint density at radius 3 is 2.79 bits per heavy atom. The van der Waals surface area contributed by atoms with E-state index in [1.165, 1.54) is 13.5 Å². The van der Waals surface area contributed by atoms with Gasteiger partial charge < -0.3 is 19.4 Å². The molecule has 0 aromatic carbocycles. The molecule has 7 heteroatoms. The van der Waals surface area contributed by atoms with Gasteiger partial charge in [0.2, 0.25) is 0 Å². The highest BCUT2D eigenvalue weighted by atomic mass is 16.5. The van der Waals surface area contributed by atoms with Crippen molar-refractivity contribution >= 4 is 5.97 Å². The van der Waals surface area contributed by atoms with Gasteiger partial charge in [-0.15, -0.1) is 0 Å². The number of imidazole rings is 1. The van der Waals surface area contributed by atoms with Gasteiger partial charge in [-0.3, -0.25) is 9.59 Å². The third-order valence-electron chi connectivity index (χ3n) is 5.89. The summed E-state index contributed by atoms with van der Waals surface area (Å²) in [5, 5.41) is 10.7. The summed E-state index contributed by atoms with van der Waals surface area (Å²) in [6.07, 6.45) is 9.38. The van der Waals surface area contributed by atoms with Crippen molar-refractivity contribution in [3.8, 4) is 5.75 Å². The monoisotopic (exact) mass is 387 g/mol. The molecule has 0 bridgehead atoms. The molecule has 1 saturated carbocycles. The molecule has 1 atom stereocenters. The second-order valence-electron chi connectivity index (χ2n) is 7.65. The molecule has 3 rings (SSSR count). The number of hydrogen-bond acceptors (Lipinski definition) is 5. The standard InChI is InChI=1S/C21H29N3O4/c1-14-10-18(25)20(21(27)24(14)9-8-16-12-22-13-23-16)17(11-19(26)28-2)15-6-4-3-5-7-15/h10,12-13,15,17,25H,3-9,11H2,1-2H3,(H,22,23). The van der Waals surface area contributed by atoms with Crippen LogP contribution < -0.4 is 5.56 Å². The minimum absolute atomic E-state index is 0.0141. The highest BCUT2D eigenvalue weighted by Crippen LogP contribution is 2.40. The number of esters is 1. The Kier molecular flexibility index (Phi) is 6.54. The Morgan fingerprint density at radius 2 is 2.14 bits per heavy atom. The predicted octanol–water partition coefficient (Wildman–Crippen LogP) is 3.06. The van der Waals surface area contributed by atoms with Crippen LogP contribution in [0.15, 0.2) is 23.4 Å². The van der Waals surface area contributed by atoms with E-state index in [0.717, 1.165) is 31.4 Å². The zero-order valence-corrected chi connectivity index (χ0v) is 16.6. The second-order valence-corrected chi connectivity index (χ2v) is 7.65. The summed E-state index contributed by atoms with van der Waals surface area (Å²) < 4.78 is 6.57. The summed E-state index contributed by atoms with van der Waals surface area (Å²) in [4.78, 5) is 32.5. The average molecular weight is 387 g/mol. The van der Waals surface area contributed by atoms with Gasteiger partial charge in [0.05, 0.1) is 25.4 Å². The molecule has 0 spiro atoms. The van der Waals surface area contributed by atoms with Crippen molar-refractivity contribution in [1.82, 2.24) is 14.5 Å². The van der Waals surface area contributed by atoms with Crippen LogP contribution in [0.3, 0.4) is 0 Å². The van der Waals surface area contributed by atoms with E-state index in [9.17, 15) is 14.7 Å². The van der Waals surface area contributed by atoms with Crippen LogP contribution in [0.4, 0.5) is 0 Å². The van der Waals surface area contributed by atoms with E-state index in [2.05, 4.69) is 9.97 Å². The second kappa shape index (κ2) is 9.08. The third kappa shape index (κ3) is 4.46. The molecule has 2 aromatic heterocycles. The lowest BCUT2D eigenvalue weighted by Crippen LogP contribution is -2.32. The normalized spacial score (nSPS) is 16.1. The smallest absolute Gasteiger partial charge is 0.306 e. The molecular weight excluding hydrogens is 358 g/mol. The molecule has 0 saturated heterocycles. The lowest BCUT2D eigenvalue weighted by Gasteiger charge is -2.30. The highest BCUT2D eigenvalue weighted by molar-refractivity contribution is 5.70. The summed E-state index contributed by atoms with van der Waals surface area (Å²) in [7, 11) is 1.36. The third-order valence-corrected chi connectivity index (χ3v) is 5.89. The van der Waals surface area contributed by atoms with Gasteiger partial charge in [-0.2, -0.15) is 0 Å². The Labute approximate surface area is 164 Å². The van der Waals surface area contributed by atoms with Crippen LogP contribution in [0.5, 0.6) is 5.75 Å². The zero-order valence-electron chi connectivity index (χ0n) is 16.6. The molecule has 2 N–H and O–H groups in total. The number of nitrogens with one attached hydrogen (secondary N) is 1. The topological polar surface area (TPSA) is 97.2 Å². The minimum Gasteiger partial charge on any atom is -0.507 e. The maximum absolute atomic E-state index is 13.3. The lowest BCUT2D eigenvalue weighted by molar-refractivity contribution is -0.141. The van der Waals surface area contributed by atoms with Crippen LogP contribution in [0.25, 0.3) is 0 Å². The number of pyridine rings is 1. The number of hydrogen-bond donors (Lipinski definition) is 2. The van der Waals surface area contributed by atoms with Crippen LogP contribution in [0, 0.1) is 12.8 Å². The highest BCUT2D eigenvalue weighted by Gasteiger charge is 2.32. The number of aromatic amines is 1. The van der Waals surface area contributed by atoms with Crippen molar-refractivity contribution in [2.75, 3.05) is 7.11 Å². The van der Waals surface area contributed by atoms with E-state index in [0.29, 0.717) is 24.2 Å². The van der Waals surface area contributed by atoms with Crippen molar-refractivity contribution in [3.05, 3.63) is 45.9 Å². The van der Waals surface area contributed by atoms with Crippen LogP contribution in [-0.2, 0) is 22.5 Å². The van der Waals surface area contributed by atoms with Gasteiger partial charge in [0, 0.05) is 36.5 Å². The van der Waals surface area contributed by atoms with E-state index in [1.807, 2.05) is 6.92 Å². The first-order chi connectivity index (χ1) is 13.5. The number of nitrogens with zero attached hydrogens (tertiary/aromatic N) is 2. The summed E-state index contributed by atoms with van der Waals surface area (Å²) in [5.41, 5.74) is 1.79. The van der Waals surface area contributed by atoms with E-state index in [1.54, 1.807) is 23.2 Å². The van der Waals surface area contributed by atoms with Crippen LogP contribution in [0.2, 0.25) is 0 Å².